The maximum Gasteiger partial charge on any atom is 0.397 e. The monoisotopic (exact) mass is 582 g/mol. The number of anilines is 1. The number of carbonyl (C=O) groups is 2. The van der Waals surface area contributed by atoms with Crippen LogP contribution in [0.15, 0.2) is 42.1 Å². The molecule has 3 aliphatic rings. The van der Waals surface area contributed by atoms with Crippen LogP contribution in [-0.4, -0.2) is 48.6 Å². The fourth-order valence-corrected chi connectivity index (χ4v) is 8.24. The average molecular weight is 583 g/mol. The van der Waals surface area contributed by atoms with Crippen molar-refractivity contribution in [2.45, 2.75) is 96.7 Å². The van der Waals surface area contributed by atoms with Gasteiger partial charge in [0, 0.05) is 30.3 Å². The van der Waals surface area contributed by atoms with E-state index in [0.717, 1.165) is 19.6 Å². The van der Waals surface area contributed by atoms with Crippen molar-refractivity contribution in [3.63, 3.8) is 0 Å². The molecule has 2 saturated carbocycles. The van der Waals surface area contributed by atoms with E-state index in [1.165, 1.54) is 0 Å². The molecule has 228 valence electrons. The predicted molar refractivity (Wildman–Crippen MR) is 148 cm³/mol. The Morgan fingerprint density at radius 3 is 2.51 bits per heavy atom. The molecule has 3 N–H and O–H groups in total. The van der Waals surface area contributed by atoms with Gasteiger partial charge in [0.2, 0.25) is 0 Å². The zero-order valence-corrected chi connectivity index (χ0v) is 24.0. The summed E-state index contributed by atoms with van der Waals surface area (Å²) in [6.45, 7) is 4.97. The molecular formula is C31H42F4N2O4. The second-order valence-electron chi connectivity index (χ2n) is 12.2. The van der Waals surface area contributed by atoms with Crippen molar-refractivity contribution in [3.8, 4) is 0 Å². The molecule has 0 aromatic heterocycles. The first kappa shape index (κ1) is 31.5. The Bertz CT molecular complexity index is 1120. The summed E-state index contributed by atoms with van der Waals surface area (Å²) in [5, 5.41) is 17.1. The molecule has 0 heterocycles. The van der Waals surface area contributed by atoms with Crippen LogP contribution in [0.1, 0.15) is 72.1 Å². The van der Waals surface area contributed by atoms with Crippen LogP contribution in [-0.2, 0) is 9.53 Å². The lowest BCUT2D eigenvalue weighted by molar-refractivity contribution is -0.323. The number of hydrogen-bond donors (Lipinski definition) is 3. The zero-order chi connectivity index (χ0) is 30.1. The fraction of sp³-hybridized carbons (Fsp3) is 0.677. The fourth-order valence-electron chi connectivity index (χ4n) is 8.24. The Hall–Kier alpha value is -2.46. The smallest absolute Gasteiger partial charge is 0.393 e. The molecule has 0 radical (unpaired) electrons. The van der Waals surface area contributed by atoms with Gasteiger partial charge < -0.3 is 25.3 Å². The number of aliphatic hydroxyl groups excluding tert-OH is 1. The minimum atomic E-state index is -4.89. The van der Waals surface area contributed by atoms with E-state index in [-0.39, 0.29) is 38.5 Å². The summed E-state index contributed by atoms with van der Waals surface area (Å²) in [6.07, 6.45) is -5.23. The van der Waals surface area contributed by atoms with Crippen LogP contribution >= 0.6 is 0 Å². The number of allylic oxidation sites excluding steroid dienone is 1. The number of fused-ring (bicyclic) bond motifs is 3. The van der Waals surface area contributed by atoms with Crippen molar-refractivity contribution in [1.82, 2.24) is 5.32 Å². The first-order valence-corrected chi connectivity index (χ1v) is 14.7. The topological polar surface area (TPSA) is 87.7 Å². The van der Waals surface area contributed by atoms with Gasteiger partial charge in [0.15, 0.2) is 0 Å². The van der Waals surface area contributed by atoms with Crippen molar-refractivity contribution >= 4 is 18.0 Å². The van der Waals surface area contributed by atoms with Gasteiger partial charge in [-0.05, 0) is 68.9 Å². The molecule has 0 saturated heterocycles. The lowest BCUT2D eigenvalue weighted by Crippen LogP contribution is -2.69. The van der Waals surface area contributed by atoms with Crippen LogP contribution < -0.4 is 10.6 Å². The van der Waals surface area contributed by atoms with E-state index in [9.17, 15) is 27.9 Å². The van der Waals surface area contributed by atoms with Gasteiger partial charge in [-0.2, -0.15) is 13.2 Å². The average Bonchev–Trinajstić information content (AvgIpc) is 3.07. The SMILES string of the molecule is CCCCOC1CC(NC(=O)Nc2ccccc2)=CCC2C1(C=O)CC(O)C1C2(CC)CCC(F)C1(C)C(F)(F)F. The molecule has 0 spiro atoms. The number of carbonyl (C=O) groups excluding carboxylic acids is 2. The van der Waals surface area contributed by atoms with Gasteiger partial charge in [-0.25, -0.2) is 9.18 Å². The number of urea groups is 1. The summed E-state index contributed by atoms with van der Waals surface area (Å²) in [5.41, 5.74) is -4.17. The summed E-state index contributed by atoms with van der Waals surface area (Å²) in [7, 11) is 0. The number of unbranched alkanes of at least 4 members (excludes halogenated alkanes) is 1. The number of nitrogens with one attached hydrogen (secondary N) is 2. The number of alkyl halides is 4. The van der Waals surface area contributed by atoms with Crippen LogP contribution in [0.2, 0.25) is 0 Å². The molecule has 41 heavy (non-hydrogen) atoms. The molecule has 0 bridgehead atoms. The molecule has 8 unspecified atom stereocenters. The normalized spacial score (nSPS) is 37.2. The highest BCUT2D eigenvalue weighted by Crippen LogP contribution is 2.70. The molecule has 0 aliphatic heterocycles. The van der Waals surface area contributed by atoms with Gasteiger partial charge in [0.1, 0.15) is 17.9 Å². The van der Waals surface area contributed by atoms with Gasteiger partial charge in [0.05, 0.1) is 17.6 Å². The van der Waals surface area contributed by atoms with Crippen molar-refractivity contribution in [2.75, 3.05) is 11.9 Å². The number of benzene rings is 1. The van der Waals surface area contributed by atoms with E-state index in [0.29, 0.717) is 24.4 Å². The number of halogens is 4. The molecule has 8 atom stereocenters. The van der Waals surface area contributed by atoms with E-state index in [2.05, 4.69) is 10.6 Å². The number of rotatable bonds is 8. The third-order valence-electron chi connectivity index (χ3n) is 10.3. The highest BCUT2D eigenvalue weighted by molar-refractivity contribution is 5.90. The third kappa shape index (κ3) is 5.42. The Balaban J connectivity index is 1.77. The summed E-state index contributed by atoms with van der Waals surface area (Å²) in [6, 6.07) is 8.36. The molecule has 10 heteroatoms. The van der Waals surface area contributed by atoms with Crippen LogP contribution in [0, 0.1) is 28.1 Å². The Kier molecular flexibility index (Phi) is 9.24. The van der Waals surface area contributed by atoms with Crippen LogP contribution in [0.25, 0.3) is 0 Å². The molecule has 3 aliphatic carbocycles. The van der Waals surface area contributed by atoms with E-state index >= 15 is 4.39 Å². The molecule has 4 rings (SSSR count). The van der Waals surface area contributed by atoms with E-state index < -0.39 is 58.7 Å². The second-order valence-corrected chi connectivity index (χ2v) is 12.2. The first-order chi connectivity index (χ1) is 19.4. The summed E-state index contributed by atoms with van der Waals surface area (Å²) < 4.78 is 65.6. The summed E-state index contributed by atoms with van der Waals surface area (Å²) in [5.74, 6) is -2.08. The van der Waals surface area contributed by atoms with Gasteiger partial charge >= 0.3 is 12.2 Å². The Morgan fingerprint density at radius 2 is 1.90 bits per heavy atom. The van der Waals surface area contributed by atoms with Gasteiger partial charge in [0.25, 0.3) is 0 Å². The third-order valence-corrected chi connectivity index (χ3v) is 10.3. The van der Waals surface area contributed by atoms with Crippen molar-refractivity contribution < 1.29 is 37.0 Å². The van der Waals surface area contributed by atoms with Crippen molar-refractivity contribution in [3.05, 3.63) is 42.1 Å². The first-order valence-electron chi connectivity index (χ1n) is 14.7. The molecular weight excluding hydrogens is 540 g/mol. The molecule has 1 aromatic carbocycles. The van der Waals surface area contributed by atoms with Gasteiger partial charge in [-0.1, -0.05) is 44.5 Å². The van der Waals surface area contributed by atoms with Crippen LogP contribution in [0.4, 0.5) is 28.0 Å². The highest BCUT2D eigenvalue weighted by atomic mass is 19.4. The maximum absolute atomic E-state index is 15.3. The Morgan fingerprint density at radius 1 is 1.20 bits per heavy atom. The second kappa shape index (κ2) is 12.0. The number of para-hydroxylation sites is 1. The zero-order valence-electron chi connectivity index (χ0n) is 24.0. The van der Waals surface area contributed by atoms with Crippen LogP contribution in [0.3, 0.4) is 0 Å². The number of aldehydes is 1. The lowest BCUT2D eigenvalue weighted by Gasteiger charge is -2.66. The Labute approximate surface area is 239 Å². The van der Waals surface area contributed by atoms with Gasteiger partial charge in [-0.15, -0.1) is 0 Å². The summed E-state index contributed by atoms with van der Waals surface area (Å²) in [4.78, 5) is 26.0. The van der Waals surface area contributed by atoms with E-state index in [4.69, 9.17) is 4.74 Å². The maximum atomic E-state index is 15.3. The largest absolute Gasteiger partial charge is 0.397 e. The van der Waals surface area contributed by atoms with Gasteiger partial charge in [-0.3, -0.25) is 0 Å². The minimum absolute atomic E-state index is 0.116. The van der Waals surface area contributed by atoms with E-state index in [1.54, 1.807) is 37.3 Å². The summed E-state index contributed by atoms with van der Waals surface area (Å²) >= 11 is 0. The minimum Gasteiger partial charge on any atom is -0.393 e. The molecule has 6 nitrogen and oxygen atoms in total. The quantitative estimate of drug-likeness (QED) is 0.176. The number of amides is 2. The van der Waals surface area contributed by atoms with Crippen LogP contribution in [0.5, 0.6) is 0 Å². The predicted octanol–water partition coefficient (Wildman–Crippen LogP) is 6.95. The number of aliphatic hydroxyl groups is 1. The van der Waals surface area contributed by atoms with Crippen molar-refractivity contribution in [2.24, 2.45) is 28.1 Å². The van der Waals surface area contributed by atoms with E-state index in [1.807, 2.05) is 13.0 Å². The van der Waals surface area contributed by atoms with Crippen molar-refractivity contribution in [1.29, 1.82) is 0 Å². The molecule has 2 fully saturated rings. The number of ether oxygens (including phenoxy) is 1. The molecule has 1 aromatic rings. The molecule has 2 amide bonds. The number of hydrogen-bond acceptors (Lipinski definition) is 4. The standard InChI is InChI=1S/C31H42F4N2O4/c1-4-6-16-41-25-17-21(37-27(40)36-20-10-8-7-9-11-20)12-13-23-29(5-2)15-14-24(32)28(3,31(33,34)35)26(29)22(39)18-30(23,25)19-38/h7-12,19,22-26,39H,4-6,13-18H2,1-3H3,(H2,36,37,40). The lowest BCUT2D eigenvalue weighted by atomic mass is 9.39. The highest BCUT2D eigenvalue weighted by Gasteiger charge is 2.74.